The van der Waals surface area contributed by atoms with Gasteiger partial charge in [0.2, 0.25) is 0 Å². The van der Waals surface area contributed by atoms with E-state index in [4.69, 9.17) is 4.74 Å². The molecule has 0 unspecified atom stereocenters. The van der Waals surface area contributed by atoms with E-state index in [9.17, 15) is 9.59 Å². The molecule has 17 heavy (non-hydrogen) atoms. The summed E-state index contributed by atoms with van der Waals surface area (Å²) in [6, 6.07) is 9.00. The van der Waals surface area contributed by atoms with E-state index < -0.39 is 5.97 Å². The zero-order valence-electron chi connectivity index (χ0n) is 9.68. The normalized spacial score (nSPS) is 10.2. The molecule has 1 aromatic carbocycles. The highest BCUT2D eigenvalue weighted by Crippen LogP contribution is 2.04. The Morgan fingerprint density at radius 3 is 2.65 bits per heavy atom. The van der Waals surface area contributed by atoms with E-state index in [2.05, 4.69) is 5.32 Å². The maximum Gasteiger partial charge on any atom is 0.330 e. The third-order valence-corrected chi connectivity index (χ3v) is 1.89. The summed E-state index contributed by atoms with van der Waals surface area (Å²) in [6.07, 6.45) is 3.75. The van der Waals surface area contributed by atoms with Crippen LogP contribution >= 0.6 is 0 Å². The summed E-state index contributed by atoms with van der Waals surface area (Å²) < 4.78 is 4.74. The number of rotatable bonds is 5. The van der Waals surface area contributed by atoms with E-state index >= 15 is 0 Å². The second-order valence-corrected chi connectivity index (χ2v) is 3.33. The molecule has 0 aromatic heterocycles. The molecule has 0 aliphatic heterocycles. The van der Waals surface area contributed by atoms with Gasteiger partial charge in [0.25, 0.3) is 5.91 Å². The fourth-order valence-corrected chi connectivity index (χ4v) is 1.12. The van der Waals surface area contributed by atoms with Crippen molar-refractivity contribution in [1.82, 2.24) is 0 Å². The summed E-state index contributed by atoms with van der Waals surface area (Å²) in [6.45, 7) is 1.63. The van der Waals surface area contributed by atoms with Gasteiger partial charge < -0.3 is 10.1 Å². The molecule has 0 bridgehead atoms. The van der Waals surface area contributed by atoms with Crippen molar-refractivity contribution >= 4 is 17.6 Å². The van der Waals surface area contributed by atoms with Crippen molar-refractivity contribution in [2.24, 2.45) is 0 Å². The largest absolute Gasteiger partial charge is 0.452 e. The van der Waals surface area contributed by atoms with Crippen LogP contribution in [0.5, 0.6) is 0 Å². The number of carbonyl (C=O) groups is 2. The lowest BCUT2D eigenvalue weighted by atomic mass is 10.3. The summed E-state index contributed by atoms with van der Waals surface area (Å²) in [5, 5.41) is 2.61. The van der Waals surface area contributed by atoms with Crippen LogP contribution in [0.2, 0.25) is 0 Å². The van der Waals surface area contributed by atoms with E-state index in [1.165, 1.54) is 6.08 Å². The zero-order valence-corrected chi connectivity index (χ0v) is 9.68. The van der Waals surface area contributed by atoms with Gasteiger partial charge in [-0.2, -0.15) is 0 Å². The molecule has 4 heteroatoms. The number of carbonyl (C=O) groups excluding carboxylic acids is 2. The Labute approximate surface area is 100 Å². The second-order valence-electron chi connectivity index (χ2n) is 3.33. The second kappa shape index (κ2) is 7.22. The monoisotopic (exact) mass is 233 g/mol. The van der Waals surface area contributed by atoms with Crippen LogP contribution in [-0.4, -0.2) is 18.5 Å². The number of esters is 1. The van der Waals surface area contributed by atoms with Crippen molar-refractivity contribution < 1.29 is 14.3 Å². The van der Waals surface area contributed by atoms with Crippen LogP contribution in [-0.2, 0) is 14.3 Å². The minimum absolute atomic E-state index is 0.276. The molecule has 0 heterocycles. The third-order valence-electron chi connectivity index (χ3n) is 1.89. The van der Waals surface area contributed by atoms with E-state index in [0.29, 0.717) is 5.69 Å². The Balaban J connectivity index is 2.31. The maximum absolute atomic E-state index is 11.4. The van der Waals surface area contributed by atoms with Crippen molar-refractivity contribution in [1.29, 1.82) is 0 Å². The maximum atomic E-state index is 11.4. The number of hydrogen-bond acceptors (Lipinski definition) is 3. The van der Waals surface area contributed by atoms with Crippen molar-refractivity contribution in [3.8, 4) is 0 Å². The topological polar surface area (TPSA) is 55.4 Å². The minimum atomic E-state index is -0.505. The van der Waals surface area contributed by atoms with Gasteiger partial charge in [0, 0.05) is 11.8 Å². The van der Waals surface area contributed by atoms with Gasteiger partial charge in [-0.1, -0.05) is 31.2 Å². The molecular formula is C13H15NO3. The predicted molar refractivity (Wildman–Crippen MR) is 65.5 cm³/mol. The molecule has 1 rings (SSSR count). The van der Waals surface area contributed by atoms with Gasteiger partial charge in [-0.3, -0.25) is 4.79 Å². The SMILES string of the molecule is CC/C=C/C(=O)OCC(=O)Nc1ccccc1. The molecule has 90 valence electrons. The van der Waals surface area contributed by atoms with Crippen LogP contribution in [0, 0.1) is 0 Å². The molecule has 0 fully saturated rings. The molecular weight excluding hydrogens is 218 g/mol. The van der Waals surface area contributed by atoms with Crippen molar-refractivity contribution in [3.05, 3.63) is 42.5 Å². The van der Waals surface area contributed by atoms with E-state index in [-0.39, 0.29) is 12.5 Å². The van der Waals surface area contributed by atoms with Gasteiger partial charge in [-0.15, -0.1) is 0 Å². The van der Waals surface area contributed by atoms with Gasteiger partial charge in [0.15, 0.2) is 6.61 Å². The Hall–Kier alpha value is -2.10. The fraction of sp³-hybridized carbons (Fsp3) is 0.231. The van der Waals surface area contributed by atoms with Crippen molar-refractivity contribution in [3.63, 3.8) is 0 Å². The van der Waals surface area contributed by atoms with E-state index in [0.717, 1.165) is 6.42 Å². The summed E-state index contributed by atoms with van der Waals surface area (Å²) in [4.78, 5) is 22.4. The van der Waals surface area contributed by atoms with Crippen LogP contribution in [0.25, 0.3) is 0 Å². The standard InChI is InChI=1S/C13H15NO3/c1-2-3-9-13(16)17-10-12(15)14-11-7-5-4-6-8-11/h3-9H,2,10H2,1H3,(H,14,15)/b9-3+. The first kappa shape index (κ1) is 13.0. The van der Waals surface area contributed by atoms with Gasteiger partial charge in [0.1, 0.15) is 0 Å². The Morgan fingerprint density at radius 1 is 1.29 bits per heavy atom. The van der Waals surface area contributed by atoms with Crippen LogP contribution in [0.3, 0.4) is 0 Å². The molecule has 0 atom stereocenters. The number of hydrogen-bond donors (Lipinski definition) is 1. The molecule has 4 nitrogen and oxygen atoms in total. The molecule has 0 saturated carbocycles. The van der Waals surface area contributed by atoms with Crippen molar-refractivity contribution in [2.75, 3.05) is 11.9 Å². The Bertz CT molecular complexity index is 398. The molecule has 1 aromatic rings. The number of amides is 1. The van der Waals surface area contributed by atoms with Crippen LogP contribution in [0.15, 0.2) is 42.5 Å². The highest BCUT2D eigenvalue weighted by Gasteiger charge is 2.04. The van der Waals surface area contributed by atoms with Gasteiger partial charge in [-0.25, -0.2) is 4.79 Å². The molecule has 0 aliphatic rings. The van der Waals surface area contributed by atoms with Gasteiger partial charge in [-0.05, 0) is 18.6 Å². The lowest BCUT2D eigenvalue weighted by Gasteiger charge is -2.04. The lowest BCUT2D eigenvalue weighted by Crippen LogP contribution is -2.20. The number of para-hydroxylation sites is 1. The Kier molecular flexibility index (Phi) is 5.51. The number of allylic oxidation sites excluding steroid dienone is 1. The average molecular weight is 233 g/mol. The zero-order chi connectivity index (χ0) is 12.5. The highest BCUT2D eigenvalue weighted by molar-refractivity contribution is 5.93. The molecule has 0 radical (unpaired) electrons. The smallest absolute Gasteiger partial charge is 0.330 e. The molecule has 1 amide bonds. The van der Waals surface area contributed by atoms with Gasteiger partial charge >= 0.3 is 5.97 Å². The first-order chi connectivity index (χ1) is 8.22. The Morgan fingerprint density at radius 2 is 2.00 bits per heavy atom. The van der Waals surface area contributed by atoms with E-state index in [1.807, 2.05) is 25.1 Å². The van der Waals surface area contributed by atoms with E-state index in [1.54, 1.807) is 18.2 Å². The predicted octanol–water partition coefficient (Wildman–Crippen LogP) is 2.13. The minimum Gasteiger partial charge on any atom is -0.452 e. The van der Waals surface area contributed by atoms with Crippen LogP contribution in [0.1, 0.15) is 13.3 Å². The summed E-state index contributed by atoms with van der Waals surface area (Å²) in [5.74, 6) is -0.857. The van der Waals surface area contributed by atoms with Crippen LogP contribution in [0.4, 0.5) is 5.69 Å². The van der Waals surface area contributed by atoms with Gasteiger partial charge in [0.05, 0.1) is 0 Å². The molecule has 0 aliphatic carbocycles. The summed E-state index contributed by atoms with van der Waals surface area (Å²) in [7, 11) is 0. The average Bonchev–Trinajstić information content (AvgIpc) is 2.35. The molecule has 0 spiro atoms. The number of benzene rings is 1. The van der Waals surface area contributed by atoms with Crippen molar-refractivity contribution in [2.45, 2.75) is 13.3 Å². The first-order valence-electron chi connectivity index (χ1n) is 5.40. The number of ether oxygens (including phenoxy) is 1. The molecule has 1 N–H and O–H groups in total. The highest BCUT2D eigenvalue weighted by atomic mass is 16.5. The van der Waals surface area contributed by atoms with Crippen LogP contribution < -0.4 is 5.32 Å². The third kappa shape index (κ3) is 5.51. The lowest BCUT2D eigenvalue weighted by molar-refractivity contribution is -0.142. The number of anilines is 1. The quantitative estimate of drug-likeness (QED) is 0.626. The number of nitrogens with one attached hydrogen (secondary N) is 1. The molecule has 0 saturated heterocycles. The summed E-state index contributed by atoms with van der Waals surface area (Å²) in [5.41, 5.74) is 0.678. The summed E-state index contributed by atoms with van der Waals surface area (Å²) >= 11 is 0. The fourth-order valence-electron chi connectivity index (χ4n) is 1.12. The first-order valence-corrected chi connectivity index (χ1v) is 5.40.